The molecule has 1 saturated carbocycles. The molecule has 0 radical (unpaired) electrons. The lowest BCUT2D eigenvalue weighted by Gasteiger charge is -2.37. The summed E-state index contributed by atoms with van der Waals surface area (Å²) < 4.78 is 35.6. The first-order chi connectivity index (χ1) is 19.7. The summed E-state index contributed by atoms with van der Waals surface area (Å²) in [6, 6.07) is 11.0. The van der Waals surface area contributed by atoms with Crippen molar-refractivity contribution >= 4 is 45.4 Å². The maximum Gasteiger partial charge on any atom is 0.330 e. The van der Waals surface area contributed by atoms with E-state index in [-0.39, 0.29) is 18.3 Å². The maximum atomic E-state index is 16.6. The minimum absolute atomic E-state index is 0.152. The Balaban J connectivity index is 1.22. The fourth-order valence-corrected chi connectivity index (χ4v) is 6.32. The van der Waals surface area contributed by atoms with Crippen molar-refractivity contribution in [2.45, 2.75) is 57.0 Å². The summed E-state index contributed by atoms with van der Waals surface area (Å²) in [4.78, 5) is 31.7. The Hall–Kier alpha value is -3.27. The first kappa shape index (κ1) is 27.9. The van der Waals surface area contributed by atoms with Gasteiger partial charge in [0.05, 0.1) is 24.7 Å². The van der Waals surface area contributed by atoms with E-state index in [1.54, 1.807) is 18.2 Å². The Morgan fingerprint density at radius 3 is 2.61 bits per heavy atom. The molecule has 1 aliphatic heterocycles. The monoisotopic (exact) mass is 581 g/mol. The fourth-order valence-electron chi connectivity index (χ4n) is 6.15. The number of methoxy groups -OCH3 is 1. The first-order valence-electron chi connectivity index (χ1n) is 14.1. The van der Waals surface area contributed by atoms with Crippen LogP contribution in [-0.4, -0.2) is 58.5 Å². The van der Waals surface area contributed by atoms with Gasteiger partial charge in [-0.2, -0.15) is 4.39 Å². The lowest BCUT2D eigenvalue weighted by molar-refractivity contribution is -0.252. The largest absolute Gasteiger partial charge is 0.469 e. The molecule has 0 amide bonds. The van der Waals surface area contributed by atoms with Crippen LogP contribution in [0, 0.1) is 5.92 Å². The number of aromatic nitrogens is 2. The van der Waals surface area contributed by atoms with Crippen molar-refractivity contribution in [3.63, 3.8) is 0 Å². The molecule has 2 aromatic heterocycles. The number of Topliss-reactive ketones (excluding diaryl/α,β-unsaturated/α-hetero) is 1. The van der Waals surface area contributed by atoms with Gasteiger partial charge in [0.2, 0.25) is 11.7 Å². The number of nitrogens with zero attached hydrogens (tertiary/aromatic N) is 3. The molecule has 8 nitrogen and oxygen atoms in total. The van der Waals surface area contributed by atoms with Crippen LogP contribution >= 0.6 is 11.6 Å². The van der Waals surface area contributed by atoms with Crippen LogP contribution in [0.2, 0.25) is 5.02 Å². The highest BCUT2D eigenvalue weighted by atomic mass is 35.5. The minimum atomic E-state index is -2.52. The number of aryl methyl sites for hydroxylation is 1. The van der Waals surface area contributed by atoms with Crippen molar-refractivity contribution in [1.82, 2.24) is 14.5 Å². The van der Waals surface area contributed by atoms with Gasteiger partial charge in [-0.05, 0) is 74.4 Å². The zero-order valence-electron chi connectivity index (χ0n) is 23.2. The number of hydrogen-bond donors (Lipinski definition) is 0. The Labute approximate surface area is 242 Å². The molecule has 1 unspecified atom stereocenters. The van der Waals surface area contributed by atoms with Crippen LogP contribution in [0.15, 0.2) is 47.0 Å². The van der Waals surface area contributed by atoms with Gasteiger partial charge in [0.1, 0.15) is 5.52 Å². The Morgan fingerprint density at radius 1 is 1.12 bits per heavy atom. The number of alkyl halides is 1. The van der Waals surface area contributed by atoms with Crippen molar-refractivity contribution in [2.24, 2.45) is 13.0 Å². The third kappa shape index (κ3) is 5.38. The van der Waals surface area contributed by atoms with Gasteiger partial charge in [-0.3, -0.25) is 9.59 Å². The van der Waals surface area contributed by atoms with Crippen LogP contribution in [0.5, 0.6) is 0 Å². The number of benzene rings is 2. The number of likely N-dealkylation sites (tertiary alicyclic amines) is 1. The van der Waals surface area contributed by atoms with Gasteiger partial charge in [-0.1, -0.05) is 17.7 Å². The molecular formula is C31H33ClFN3O5. The third-order valence-corrected chi connectivity index (χ3v) is 8.62. The molecular weight excluding hydrogens is 549 g/mol. The predicted molar refractivity (Wildman–Crippen MR) is 153 cm³/mol. The summed E-state index contributed by atoms with van der Waals surface area (Å²) >= 11 is 6.25. The number of ether oxygens (including phenoxy) is 2. The van der Waals surface area contributed by atoms with Crippen LogP contribution in [0.25, 0.3) is 33.5 Å². The summed E-state index contributed by atoms with van der Waals surface area (Å²) in [5.74, 6) is -3.18. The smallest absolute Gasteiger partial charge is 0.330 e. The van der Waals surface area contributed by atoms with Gasteiger partial charge in [-0.15, -0.1) is 0 Å². The Kier molecular flexibility index (Phi) is 7.61. The molecule has 0 bridgehead atoms. The van der Waals surface area contributed by atoms with E-state index in [1.165, 1.54) is 12.0 Å². The molecule has 3 heterocycles. The lowest BCUT2D eigenvalue weighted by Crippen LogP contribution is -2.54. The Morgan fingerprint density at radius 2 is 1.88 bits per heavy atom. The summed E-state index contributed by atoms with van der Waals surface area (Å²) in [6.07, 6.45) is 5.06. The summed E-state index contributed by atoms with van der Waals surface area (Å²) in [6.45, 7) is 0.915. The van der Waals surface area contributed by atoms with Crippen molar-refractivity contribution in [2.75, 3.05) is 20.2 Å². The second-order valence-corrected chi connectivity index (χ2v) is 11.5. The molecule has 1 atom stereocenters. The molecule has 2 aromatic carbocycles. The molecule has 10 heteroatoms. The molecule has 4 aromatic rings. The number of fused-ring (bicyclic) bond motifs is 2. The second kappa shape index (κ2) is 11.2. The lowest BCUT2D eigenvalue weighted by atomic mass is 9.87. The molecule has 0 N–H and O–H groups in total. The zero-order valence-corrected chi connectivity index (χ0v) is 24.0. The standard InChI is InChI=1S/C31H33ClFN3O5/c1-35-18-24(23-17-21(32)8-12-26(23)35)29-34-25-11-5-19(15-27(25)40-29)16-28(37)31(33,36-13-3-4-14-36)41-22-9-6-20(7-10-22)30(38)39-2/h5,8,11-12,15,17-18,20,22H,3-4,6-7,9-10,13-14,16H2,1-2H3/t20-,22-,31?. The summed E-state index contributed by atoms with van der Waals surface area (Å²) in [5, 5.41) is 1.54. The summed E-state index contributed by atoms with van der Waals surface area (Å²) in [5.41, 5.74) is 3.58. The number of carbonyl (C=O) groups excluding carboxylic acids is 2. The van der Waals surface area contributed by atoms with E-state index in [2.05, 4.69) is 4.98 Å². The van der Waals surface area contributed by atoms with Gasteiger partial charge in [0.15, 0.2) is 5.58 Å². The predicted octanol–water partition coefficient (Wildman–Crippen LogP) is 6.22. The van der Waals surface area contributed by atoms with Crippen LogP contribution in [0.3, 0.4) is 0 Å². The molecule has 41 heavy (non-hydrogen) atoms. The molecule has 1 saturated heterocycles. The second-order valence-electron chi connectivity index (χ2n) is 11.1. The van der Waals surface area contributed by atoms with Crippen molar-refractivity contribution < 1.29 is 27.9 Å². The molecule has 216 valence electrons. The van der Waals surface area contributed by atoms with E-state index in [9.17, 15) is 9.59 Å². The molecule has 2 fully saturated rings. The number of oxazole rings is 1. The molecule has 1 aliphatic carbocycles. The number of hydrogen-bond acceptors (Lipinski definition) is 7. The highest BCUT2D eigenvalue weighted by molar-refractivity contribution is 6.31. The zero-order chi connectivity index (χ0) is 28.7. The molecule has 0 spiro atoms. The average Bonchev–Trinajstić information content (AvgIpc) is 3.72. The van der Waals surface area contributed by atoms with Crippen LogP contribution in [-0.2, 0) is 32.5 Å². The van der Waals surface area contributed by atoms with E-state index in [4.69, 9.17) is 25.5 Å². The van der Waals surface area contributed by atoms with Crippen LogP contribution in [0.1, 0.15) is 44.1 Å². The van der Waals surface area contributed by atoms with E-state index in [1.807, 2.05) is 36.0 Å². The highest BCUT2D eigenvalue weighted by Gasteiger charge is 2.48. The highest BCUT2D eigenvalue weighted by Crippen LogP contribution is 2.36. The number of rotatable bonds is 8. The van der Waals surface area contributed by atoms with Gasteiger partial charge in [0.25, 0.3) is 0 Å². The molecule has 6 rings (SSSR count). The quantitative estimate of drug-likeness (QED) is 0.180. The fraction of sp³-hybridized carbons (Fsp3) is 0.452. The van der Waals surface area contributed by atoms with E-state index >= 15 is 4.39 Å². The average molecular weight is 582 g/mol. The van der Waals surface area contributed by atoms with E-state index in [0.717, 1.165) is 29.3 Å². The van der Waals surface area contributed by atoms with Gasteiger partial charge >= 0.3 is 11.9 Å². The number of esters is 1. The van der Waals surface area contributed by atoms with Gasteiger partial charge < -0.3 is 18.5 Å². The normalized spacial score (nSPS) is 21.4. The first-order valence-corrected chi connectivity index (χ1v) is 14.5. The topological polar surface area (TPSA) is 86.8 Å². The van der Waals surface area contributed by atoms with Crippen molar-refractivity contribution in [1.29, 1.82) is 0 Å². The number of halogens is 2. The Bertz CT molecular complexity index is 1600. The SMILES string of the molecule is COC(=O)[C@H]1CC[C@H](OC(F)(C(=O)Cc2ccc3nc(-c4cn(C)c5ccc(Cl)cc45)oc3c2)N2CCCC2)CC1. The van der Waals surface area contributed by atoms with Crippen molar-refractivity contribution in [3.8, 4) is 11.5 Å². The van der Waals surface area contributed by atoms with Crippen molar-refractivity contribution in [3.05, 3.63) is 53.2 Å². The maximum absolute atomic E-state index is 16.6. The third-order valence-electron chi connectivity index (χ3n) is 8.39. The van der Waals surface area contributed by atoms with Crippen LogP contribution in [0.4, 0.5) is 4.39 Å². The van der Waals surface area contributed by atoms with Gasteiger partial charge in [-0.25, -0.2) is 9.88 Å². The van der Waals surface area contributed by atoms with Crippen LogP contribution < -0.4 is 0 Å². The van der Waals surface area contributed by atoms with E-state index < -0.39 is 17.9 Å². The van der Waals surface area contributed by atoms with E-state index in [0.29, 0.717) is 66.3 Å². The minimum Gasteiger partial charge on any atom is -0.469 e. The number of ketones is 1. The van der Waals surface area contributed by atoms with Gasteiger partial charge in [0, 0.05) is 48.7 Å². The number of carbonyl (C=O) groups is 2. The molecule has 2 aliphatic rings. The summed E-state index contributed by atoms with van der Waals surface area (Å²) in [7, 11) is 3.32.